The molecule has 1 fully saturated rings. The van der Waals surface area contributed by atoms with E-state index in [0.29, 0.717) is 19.8 Å². The molecule has 7 nitrogen and oxygen atoms in total. The summed E-state index contributed by atoms with van der Waals surface area (Å²) in [4.78, 5) is 35.8. The Morgan fingerprint density at radius 2 is 2.11 bits per heavy atom. The van der Waals surface area contributed by atoms with Gasteiger partial charge in [0.25, 0.3) is 0 Å². The molecule has 1 unspecified atom stereocenters. The lowest BCUT2D eigenvalue weighted by atomic mass is 10.1. The number of nitrogens with two attached hydrogens (primary N) is 1. The van der Waals surface area contributed by atoms with Crippen molar-refractivity contribution in [3.8, 4) is 0 Å². The van der Waals surface area contributed by atoms with Crippen LogP contribution in [0.2, 0.25) is 0 Å². The minimum absolute atomic E-state index is 0.0677. The van der Waals surface area contributed by atoms with Gasteiger partial charge in [0.15, 0.2) is 0 Å². The average molecular weight is 272 g/mol. The zero-order valence-corrected chi connectivity index (χ0v) is 11.1. The van der Waals surface area contributed by atoms with Gasteiger partial charge in [0, 0.05) is 13.0 Å². The number of amides is 1. The fourth-order valence-corrected chi connectivity index (χ4v) is 1.87. The van der Waals surface area contributed by atoms with Crippen molar-refractivity contribution in [3.63, 3.8) is 0 Å². The number of carbonyl (C=O) groups excluding carboxylic acids is 3. The standard InChI is InChI=1S/C12H20N2O5/c1-2-19-11(16)4-3-9(15)7-14-5-6-18-8-10(14)12(13)17/h10H,2-8H2,1H3,(H2,13,17). The highest BCUT2D eigenvalue weighted by Crippen LogP contribution is 2.07. The smallest absolute Gasteiger partial charge is 0.306 e. The Morgan fingerprint density at radius 1 is 1.37 bits per heavy atom. The molecule has 7 heteroatoms. The predicted octanol–water partition coefficient (Wildman–Crippen LogP) is -0.915. The minimum atomic E-state index is -0.569. The van der Waals surface area contributed by atoms with Crippen molar-refractivity contribution in [2.24, 2.45) is 5.73 Å². The van der Waals surface area contributed by atoms with E-state index in [1.165, 1.54) is 0 Å². The van der Waals surface area contributed by atoms with Gasteiger partial charge in [-0.2, -0.15) is 0 Å². The Labute approximate surface area is 112 Å². The number of esters is 1. The van der Waals surface area contributed by atoms with E-state index in [2.05, 4.69) is 0 Å². The zero-order valence-electron chi connectivity index (χ0n) is 11.1. The van der Waals surface area contributed by atoms with Crippen LogP contribution in [0.4, 0.5) is 0 Å². The maximum absolute atomic E-state index is 11.7. The summed E-state index contributed by atoms with van der Waals surface area (Å²) < 4.78 is 9.90. The molecule has 0 bridgehead atoms. The van der Waals surface area contributed by atoms with E-state index in [9.17, 15) is 14.4 Å². The van der Waals surface area contributed by atoms with Crippen LogP contribution in [0.1, 0.15) is 19.8 Å². The monoisotopic (exact) mass is 272 g/mol. The number of ketones is 1. The van der Waals surface area contributed by atoms with E-state index in [0.717, 1.165) is 0 Å². The SMILES string of the molecule is CCOC(=O)CCC(=O)CN1CCOCC1C(N)=O. The van der Waals surface area contributed by atoms with Crippen molar-refractivity contribution >= 4 is 17.7 Å². The maximum Gasteiger partial charge on any atom is 0.306 e. The molecule has 0 aromatic heterocycles. The summed E-state index contributed by atoms with van der Waals surface area (Å²) >= 11 is 0. The van der Waals surface area contributed by atoms with Crippen LogP contribution in [0, 0.1) is 0 Å². The summed E-state index contributed by atoms with van der Waals surface area (Å²) in [6, 6.07) is -0.569. The molecule has 1 atom stereocenters. The number of nitrogens with zero attached hydrogens (tertiary/aromatic N) is 1. The highest BCUT2D eigenvalue weighted by Gasteiger charge is 2.28. The van der Waals surface area contributed by atoms with Crippen LogP contribution in [0.25, 0.3) is 0 Å². The first kappa shape index (κ1) is 15.6. The van der Waals surface area contributed by atoms with Crippen molar-refractivity contribution in [1.82, 2.24) is 4.90 Å². The van der Waals surface area contributed by atoms with Crippen LogP contribution in [-0.2, 0) is 23.9 Å². The number of hydrogen-bond acceptors (Lipinski definition) is 6. The molecule has 1 aliphatic heterocycles. The maximum atomic E-state index is 11.7. The molecule has 19 heavy (non-hydrogen) atoms. The third-order valence-electron chi connectivity index (χ3n) is 2.86. The van der Waals surface area contributed by atoms with Gasteiger partial charge in [0.05, 0.1) is 32.8 Å². The number of hydrogen-bond donors (Lipinski definition) is 1. The molecule has 2 N–H and O–H groups in total. The fourth-order valence-electron chi connectivity index (χ4n) is 1.87. The normalized spacial score (nSPS) is 19.9. The Bertz CT molecular complexity index is 345. The second kappa shape index (κ2) is 7.85. The third kappa shape index (κ3) is 5.35. The number of morpholine rings is 1. The molecule has 0 aromatic carbocycles. The molecular formula is C12H20N2O5. The number of rotatable bonds is 7. The molecule has 0 aromatic rings. The van der Waals surface area contributed by atoms with Crippen molar-refractivity contribution in [3.05, 3.63) is 0 Å². The first-order chi connectivity index (χ1) is 9.04. The Hall–Kier alpha value is -1.47. The molecule has 0 aliphatic carbocycles. The van der Waals surface area contributed by atoms with Crippen molar-refractivity contribution in [1.29, 1.82) is 0 Å². The van der Waals surface area contributed by atoms with Crippen LogP contribution in [0.3, 0.4) is 0 Å². The molecular weight excluding hydrogens is 252 g/mol. The molecule has 1 saturated heterocycles. The van der Waals surface area contributed by atoms with Gasteiger partial charge < -0.3 is 15.2 Å². The van der Waals surface area contributed by atoms with Crippen LogP contribution < -0.4 is 5.73 Å². The van der Waals surface area contributed by atoms with Crippen molar-refractivity contribution in [2.75, 3.05) is 32.9 Å². The molecule has 1 amide bonds. The second-order valence-corrected chi connectivity index (χ2v) is 4.31. The van der Waals surface area contributed by atoms with Gasteiger partial charge in [0.1, 0.15) is 11.8 Å². The summed E-state index contributed by atoms with van der Waals surface area (Å²) in [5.74, 6) is -0.997. The predicted molar refractivity (Wildman–Crippen MR) is 66.2 cm³/mol. The molecule has 0 radical (unpaired) electrons. The third-order valence-corrected chi connectivity index (χ3v) is 2.86. The summed E-state index contributed by atoms with van der Waals surface area (Å²) in [5, 5.41) is 0. The van der Waals surface area contributed by atoms with E-state index in [1.54, 1.807) is 11.8 Å². The second-order valence-electron chi connectivity index (χ2n) is 4.31. The molecule has 1 rings (SSSR count). The number of primary amides is 1. The van der Waals surface area contributed by atoms with Gasteiger partial charge in [-0.15, -0.1) is 0 Å². The van der Waals surface area contributed by atoms with Crippen LogP contribution in [0.15, 0.2) is 0 Å². The lowest BCUT2D eigenvalue weighted by Crippen LogP contribution is -2.53. The summed E-state index contributed by atoms with van der Waals surface area (Å²) in [5.41, 5.74) is 5.25. The highest BCUT2D eigenvalue weighted by molar-refractivity contribution is 5.86. The van der Waals surface area contributed by atoms with Crippen LogP contribution >= 0.6 is 0 Å². The van der Waals surface area contributed by atoms with Gasteiger partial charge in [-0.05, 0) is 6.92 Å². The molecule has 0 spiro atoms. The summed E-state index contributed by atoms with van der Waals surface area (Å²) in [7, 11) is 0. The quantitative estimate of drug-likeness (QED) is 0.602. The lowest BCUT2D eigenvalue weighted by Gasteiger charge is -2.32. The molecule has 1 heterocycles. The molecule has 0 saturated carbocycles. The number of Topliss-reactive ketones (excluding diaryl/α,β-unsaturated/α-hetero) is 1. The van der Waals surface area contributed by atoms with Gasteiger partial charge >= 0.3 is 5.97 Å². The van der Waals surface area contributed by atoms with E-state index in [1.807, 2.05) is 0 Å². The van der Waals surface area contributed by atoms with Gasteiger partial charge in [0.2, 0.25) is 5.91 Å². The van der Waals surface area contributed by atoms with Crippen LogP contribution in [-0.4, -0.2) is 61.5 Å². The highest BCUT2D eigenvalue weighted by atomic mass is 16.5. The fraction of sp³-hybridized carbons (Fsp3) is 0.750. The Morgan fingerprint density at radius 3 is 2.74 bits per heavy atom. The zero-order chi connectivity index (χ0) is 14.3. The van der Waals surface area contributed by atoms with E-state index in [-0.39, 0.29) is 37.7 Å². The first-order valence-electron chi connectivity index (χ1n) is 6.33. The lowest BCUT2D eigenvalue weighted by molar-refractivity contribution is -0.144. The van der Waals surface area contributed by atoms with Gasteiger partial charge in [-0.3, -0.25) is 19.3 Å². The average Bonchev–Trinajstić information content (AvgIpc) is 2.37. The molecule has 108 valence electrons. The van der Waals surface area contributed by atoms with Gasteiger partial charge in [-0.1, -0.05) is 0 Å². The number of carbonyl (C=O) groups is 3. The number of ether oxygens (including phenoxy) is 2. The van der Waals surface area contributed by atoms with E-state index in [4.69, 9.17) is 15.2 Å². The topological polar surface area (TPSA) is 98.9 Å². The first-order valence-corrected chi connectivity index (χ1v) is 6.33. The van der Waals surface area contributed by atoms with Crippen molar-refractivity contribution in [2.45, 2.75) is 25.8 Å². The van der Waals surface area contributed by atoms with E-state index >= 15 is 0 Å². The van der Waals surface area contributed by atoms with Gasteiger partial charge in [-0.25, -0.2) is 0 Å². The Balaban J connectivity index is 2.37. The summed E-state index contributed by atoms with van der Waals surface area (Å²) in [6.07, 6.45) is 0.180. The van der Waals surface area contributed by atoms with Crippen molar-refractivity contribution < 1.29 is 23.9 Å². The molecule has 1 aliphatic rings. The van der Waals surface area contributed by atoms with Crippen LogP contribution in [0.5, 0.6) is 0 Å². The minimum Gasteiger partial charge on any atom is -0.466 e. The van der Waals surface area contributed by atoms with E-state index < -0.39 is 11.9 Å². The Kier molecular flexibility index (Phi) is 6.44. The largest absolute Gasteiger partial charge is 0.466 e. The summed E-state index contributed by atoms with van der Waals surface area (Å²) in [6.45, 7) is 3.29.